The van der Waals surface area contributed by atoms with Crippen LogP contribution in [0.2, 0.25) is 5.02 Å². The first-order valence-electron chi connectivity index (χ1n) is 9.54. The molecule has 4 rings (SSSR count). The molecule has 2 unspecified atom stereocenters. The number of ketones is 1. The Morgan fingerprint density at radius 1 is 1.30 bits per heavy atom. The van der Waals surface area contributed by atoms with Crippen molar-refractivity contribution in [1.82, 2.24) is 4.98 Å². The van der Waals surface area contributed by atoms with Gasteiger partial charge in [0, 0.05) is 40.3 Å². The fourth-order valence-electron chi connectivity index (χ4n) is 4.38. The van der Waals surface area contributed by atoms with Crippen LogP contribution >= 0.6 is 22.9 Å². The van der Waals surface area contributed by atoms with Gasteiger partial charge in [-0.1, -0.05) is 36.2 Å². The lowest BCUT2D eigenvalue weighted by Gasteiger charge is -2.36. The van der Waals surface area contributed by atoms with Gasteiger partial charge < -0.3 is 5.32 Å². The molecular formula is C21H23ClN2O2S. The molecule has 6 heteroatoms. The van der Waals surface area contributed by atoms with Crippen molar-refractivity contribution in [1.29, 1.82) is 0 Å². The molecule has 1 N–H and O–H groups in total. The molecule has 27 heavy (non-hydrogen) atoms. The van der Waals surface area contributed by atoms with Gasteiger partial charge in [-0.05, 0) is 43.7 Å². The number of hydrogen-bond donors (Lipinski definition) is 1. The number of rotatable bonds is 4. The number of halogens is 1. The van der Waals surface area contributed by atoms with E-state index >= 15 is 0 Å². The van der Waals surface area contributed by atoms with E-state index in [2.05, 4.69) is 10.3 Å². The third-order valence-electron chi connectivity index (χ3n) is 5.84. The Hall–Kier alpha value is -1.72. The predicted molar refractivity (Wildman–Crippen MR) is 108 cm³/mol. The lowest BCUT2D eigenvalue weighted by atomic mass is 9.67. The van der Waals surface area contributed by atoms with E-state index in [-0.39, 0.29) is 23.7 Å². The summed E-state index contributed by atoms with van der Waals surface area (Å²) in [5.74, 6) is 0.495. The first-order chi connectivity index (χ1) is 13.0. The Kier molecular flexibility index (Phi) is 5.33. The van der Waals surface area contributed by atoms with Crippen molar-refractivity contribution in [3.63, 3.8) is 0 Å². The molecule has 1 amide bonds. The molecule has 0 aliphatic heterocycles. The lowest BCUT2D eigenvalue weighted by Crippen LogP contribution is -2.40. The normalized spacial score (nSPS) is 24.7. The van der Waals surface area contributed by atoms with Crippen LogP contribution in [0.4, 0.5) is 5.13 Å². The fourth-order valence-corrected chi connectivity index (χ4v) is 5.41. The van der Waals surface area contributed by atoms with Crippen molar-refractivity contribution in [3.8, 4) is 0 Å². The second-order valence-electron chi connectivity index (χ2n) is 7.74. The van der Waals surface area contributed by atoms with Gasteiger partial charge in [0.2, 0.25) is 5.91 Å². The molecule has 0 saturated heterocycles. The molecule has 0 radical (unpaired) electrons. The Labute approximate surface area is 168 Å². The Balaban J connectivity index is 1.40. The number of amides is 1. The van der Waals surface area contributed by atoms with Crippen LogP contribution in [-0.2, 0) is 16.0 Å². The number of fused-ring (bicyclic) bond motifs is 2. The van der Waals surface area contributed by atoms with Gasteiger partial charge in [0.15, 0.2) is 5.13 Å². The van der Waals surface area contributed by atoms with Gasteiger partial charge in [-0.15, -0.1) is 11.3 Å². The molecule has 2 aliphatic carbocycles. The highest BCUT2D eigenvalue weighted by Crippen LogP contribution is 2.40. The van der Waals surface area contributed by atoms with Crippen molar-refractivity contribution in [2.45, 2.75) is 45.4 Å². The van der Waals surface area contributed by atoms with E-state index in [0.29, 0.717) is 30.2 Å². The van der Waals surface area contributed by atoms with Gasteiger partial charge in [-0.25, -0.2) is 4.98 Å². The second-order valence-corrected chi connectivity index (χ2v) is 9.23. The number of Topliss-reactive ketones (excluding diaryl/α,β-unsaturated/α-hetero) is 1. The molecule has 2 aliphatic rings. The topological polar surface area (TPSA) is 59.1 Å². The minimum atomic E-state index is -0.0726. The Morgan fingerprint density at radius 2 is 2.04 bits per heavy atom. The summed E-state index contributed by atoms with van der Waals surface area (Å²) in [6, 6.07) is 6.01. The molecule has 2 fully saturated rings. The molecule has 2 bridgehead atoms. The lowest BCUT2D eigenvalue weighted by molar-refractivity contribution is -0.136. The quantitative estimate of drug-likeness (QED) is 0.780. The summed E-state index contributed by atoms with van der Waals surface area (Å²) in [5.41, 5.74) is 2.13. The zero-order valence-electron chi connectivity index (χ0n) is 15.3. The monoisotopic (exact) mass is 402 g/mol. The number of benzene rings is 1. The number of nitrogens with zero attached hydrogens (tertiary/aromatic N) is 1. The fraction of sp³-hybridized carbons (Fsp3) is 0.476. The minimum Gasteiger partial charge on any atom is -0.302 e. The molecule has 2 aromatic rings. The number of hydrogen-bond acceptors (Lipinski definition) is 4. The van der Waals surface area contributed by atoms with E-state index in [1.807, 2.05) is 25.1 Å². The summed E-state index contributed by atoms with van der Waals surface area (Å²) in [6.45, 7) is 1.99. The largest absolute Gasteiger partial charge is 0.302 e. The number of carbonyl (C=O) groups excluding carboxylic acids is 2. The summed E-state index contributed by atoms with van der Waals surface area (Å²) >= 11 is 7.87. The summed E-state index contributed by atoms with van der Waals surface area (Å²) in [6.07, 6.45) is 6.90. The van der Waals surface area contributed by atoms with E-state index in [4.69, 9.17) is 11.6 Å². The highest BCUT2D eigenvalue weighted by Gasteiger charge is 2.41. The molecule has 1 heterocycles. The van der Waals surface area contributed by atoms with Crippen LogP contribution in [0.5, 0.6) is 0 Å². The van der Waals surface area contributed by atoms with E-state index in [9.17, 15) is 9.59 Å². The van der Waals surface area contributed by atoms with Gasteiger partial charge in [-0.2, -0.15) is 0 Å². The van der Waals surface area contributed by atoms with Crippen LogP contribution < -0.4 is 5.32 Å². The Morgan fingerprint density at radius 3 is 2.78 bits per heavy atom. The molecule has 2 saturated carbocycles. The number of carbonyl (C=O) groups is 2. The third-order valence-corrected chi connectivity index (χ3v) is 7.29. The second kappa shape index (κ2) is 7.72. The van der Waals surface area contributed by atoms with Crippen molar-refractivity contribution in [3.05, 3.63) is 45.4 Å². The van der Waals surface area contributed by atoms with Crippen molar-refractivity contribution >= 4 is 39.8 Å². The first kappa shape index (κ1) is 18.6. The third kappa shape index (κ3) is 3.94. The molecule has 2 atom stereocenters. The van der Waals surface area contributed by atoms with Gasteiger partial charge >= 0.3 is 0 Å². The average Bonchev–Trinajstić information content (AvgIpc) is 3.05. The zero-order chi connectivity index (χ0) is 19.0. The van der Waals surface area contributed by atoms with Crippen molar-refractivity contribution < 1.29 is 9.59 Å². The Bertz CT molecular complexity index is 863. The summed E-state index contributed by atoms with van der Waals surface area (Å²) in [7, 11) is 0. The highest BCUT2D eigenvalue weighted by atomic mass is 35.5. The maximum Gasteiger partial charge on any atom is 0.229 e. The van der Waals surface area contributed by atoms with E-state index in [1.54, 1.807) is 6.20 Å². The molecule has 1 aromatic carbocycles. The predicted octanol–water partition coefficient (Wildman–Crippen LogP) is 5.03. The highest BCUT2D eigenvalue weighted by molar-refractivity contribution is 7.15. The van der Waals surface area contributed by atoms with Gasteiger partial charge in [0.25, 0.3) is 0 Å². The van der Waals surface area contributed by atoms with Crippen LogP contribution in [0.1, 0.15) is 48.1 Å². The van der Waals surface area contributed by atoms with Crippen molar-refractivity contribution in [2.75, 3.05) is 5.32 Å². The maximum absolute atomic E-state index is 12.7. The van der Waals surface area contributed by atoms with Crippen LogP contribution in [0.3, 0.4) is 0 Å². The summed E-state index contributed by atoms with van der Waals surface area (Å²) in [4.78, 5) is 30.3. The number of aryl methyl sites for hydroxylation is 1. The summed E-state index contributed by atoms with van der Waals surface area (Å²) in [5, 5.41) is 4.38. The molecule has 1 aromatic heterocycles. The first-order valence-corrected chi connectivity index (χ1v) is 10.7. The average molecular weight is 403 g/mol. The number of aromatic nitrogens is 1. The van der Waals surface area contributed by atoms with Gasteiger partial charge in [0.05, 0.1) is 0 Å². The maximum atomic E-state index is 12.7. The van der Waals surface area contributed by atoms with Crippen LogP contribution in [0, 0.1) is 24.7 Å². The molecule has 0 spiro atoms. The van der Waals surface area contributed by atoms with Gasteiger partial charge in [-0.3, -0.25) is 9.59 Å². The SMILES string of the molecule is Cc1cccc(Cc2cnc(NC(=O)C3CC4CCCC(C3)C4=O)s2)c1Cl. The number of anilines is 1. The van der Waals surface area contributed by atoms with Crippen molar-refractivity contribution in [2.24, 2.45) is 17.8 Å². The van der Waals surface area contributed by atoms with E-state index in [1.165, 1.54) is 11.3 Å². The zero-order valence-corrected chi connectivity index (χ0v) is 16.9. The van der Waals surface area contributed by atoms with Gasteiger partial charge in [0.1, 0.15) is 5.78 Å². The molecular weight excluding hydrogens is 380 g/mol. The minimum absolute atomic E-state index is 0.00823. The smallest absolute Gasteiger partial charge is 0.229 e. The van der Waals surface area contributed by atoms with Crippen LogP contribution in [0.25, 0.3) is 0 Å². The molecule has 142 valence electrons. The standard InChI is InChI=1S/C21H23ClN2O2S/c1-12-4-2-5-13(18(12)22)10-17-11-23-21(27-17)24-20(26)16-8-14-6-3-7-15(9-16)19(14)25/h2,4-5,11,14-16H,3,6-10H2,1H3,(H,23,24,26). The van der Waals surface area contributed by atoms with Crippen LogP contribution in [-0.4, -0.2) is 16.7 Å². The summed E-state index contributed by atoms with van der Waals surface area (Å²) < 4.78 is 0. The van der Waals surface area contributed by atoms with E-state index < -0.39 is 0 Å². The number of nitrogens with one attached hydrogen (secondary N) is 1. The number of thiazole rings is 1. The molecule has 4 nitrogen and oxygen atoms in total. The van der Waals surface area contributed by atoms with Crippen LogP contribution in [0.15, 0.2) is 24.4 Å². The van der Waals surface area contributed by atoms with E-state index in [0.717, 1.165) is 40.3 Å².